The molecule has 0 spiro atoms. The van der Waals surface area contributed by atoms with Crippen LogP contribution in [0.4, 0.5) is 4.79 Å². The number of hydrogen-bond acceptors (Lipinski definition) is 3. The van der Waals surface area contributed by atoms with Crippen LogP contribution in [0.25, 0.3) is 0 Å². The van der Waals surface area contributed by atoms with Crippen molar-refractivity contribution in [3.63, 3.8) is 0 Å². The first-order valence-corrected chi connectivity index (χ1v) is 11.6. The summed E-state index contributed by atoms with van der Waals surface area (Å²) in [6.45, 7) is 8.82. The van der Waals surface area contributed by atoms with Gasteiger partial charge in [0, 0.05) is 24.5 Å². The normalized spacial score (nSPS) is 23.2. The molecule has 2 fully saturated rings. The molecule has 0 aromatic heterocycles. The number of likely N-dealkylation sites (tertiary alicyclic amines) is 1. The van der Waals surface area contributed by atoms with Gasteiger partial charge >= 0.3 is 6.03 Å². The SMILES string of the molecule is Cc1ccc(C(CNC(=O)NC2CCCC(C(=O)NC(C)C)C2)N2CCCC2)cc1. The Morgan fingerprint density at radius 2 is 1.77 bits per heavy atom. The van der Waals surface area contributed by atoms with Crippen LogP contribution >= 0.6 is 0 Å². The van der Waals surface area contributed by atoms with E-state index in [1.54, 1.807) is 0 Å². The second-order valence-corrected chi connectivity index (χ2v) is 9.25. The molecule has 1 aliphatic carbocycles. The highest BCUT2D eigenvalue weighted by atomic mass is 16.2. The van der Waals surface area contributed by atoms with Crippen molar-refractivity contribution in [3.8, 4) is 0 Å². The van der Waals surface area contributed by atoms with Gasteiger partial charge in [-0.25, -0.2) is 4.79 Å². The van der Waals surface area contributed by atoms with Crippen LogP contribution in [0.3, 0.4) is 0 Å². The lowest BCUT2D eigenvalue weighted by molar-refractivity contribution is -0.126. The third-order valence-corrected chi connectivity index (χ3v) is 6.31. The molecule has 30 heavy (non-hydrogen) atoms. The molecule has 6 nitrogen and oxygen atoms in total. The van der Waals surface area contributed by atoms with Crippen molar-refractivity contribution in [2.24, 2.45) is 5.92 Å². The van der Waals surface area contributed by atoms with Crippen LogP contribution in [0.2, 0.25) is 0 Å². The highest BCUT2D eigenvalue weighted by Gasteiger charge is 2.29. The fourth-order valence-electron chi connectivity index (χ4n) is 4.69. The minimum atomic E-state index is -0.124. The number of rotatable bonds is 7. The number of aryl methyl sites for hydroxylation is 1. The smallest absolute Gasteiger partial charge is 0.315 e. The Labute approximate surface area is 181 Å². The Balaban J connectivity index is 1.52. The highest BCUT2D eigenvalue weighted by Crippen LogP contribution is 2.26. The Bertz CT molecular complexity index is 698. The lowest BCUT2D eigenvalue weighted by Crippen LogP contribution is -2.48. The van der Waals surface area contributed by atoms with Gasteiger partial charge in [0.1, 0.15) is 0 Å². The van der Waals surface area contributed by atoms with Crippen LogP contribution in [-0.4, -0.2) is 48.6 Å². The summed E-state index contributed by atoms with van der Waals surface area (Å²) in [4.78, 5) is 27.4. The molecule has 3 amide bonds. The Kier molecular flexibility index (Phi) is 8.14. The van der Waals surface area contributed by atoms with Gasteiger partial charge in [-0.3, -0.25) is 9.69 Å². The maximum absolute atomic E-state index is 12.6. The van der Waals surface area contributed by atoms with E-state index < -0.39 is 0 Å². The summed E-state index contributed by atoms with van der Waals surface area (Å²) in [6.07, 6.45) is 5.97. The average molecular weight is 415 g/mol. The zero-order chi connectivity index (χ0) is 21.5. The van der Waals surface area contributed by atoms with E-state index in [9.17, 15) is 9.59 Å². The third-order valence-electron chi connectivity index (χ3n) is 6.31. The van der Waals surface area contributed by atoms with Gasteiger partial charge in [-0.05, 0) is 71.5 Å². The molecule has 3 N–H and O–H groups in total. The Morgan fingerprint density at radius 1 is 1.07 bits per heavy atom. The Morgan fingerprint density at radius 3 is 2.43 bits per heavy atom. The topological polar surface area (TPSA) is 73.5 Å². The van der Waals surface area contributed by atoms with Gasteiger partial charge in [0.2, 0.25) is 5.91 Å². The molecule has 3 unspecified atom stereocenters. The number of carbonyl (C=O) groups is 2. The van der Waals surface area contributed by atoms with E-state index in [4.69, 9.17) is 0 Å². The molecule has 166 valence electrons. The van der Waals surface area contributed by atoms with Crippen molar-refractivity contribution in [2.45, 2.75) is 77.4 Å². The number of nitrogens with zero attached hydrogens (tertiary/aromatic N) is 1. The maximum atomic E-state index is 12.6. The van der Waals surface area contributed by atoms with Crippen molar-refractivity contribution in [1.82, 2.24) is 20.9 Å². The van der Waals surface area contributed by atoms with Crippen molar-refractivity contribution >= 4 is 11.9 Å². The largest absolute Gasteiger partial charge is 0.354 e. The minimum Gasteiger partial charge on any atom is -0.354 e. The average Bonchev–Trinajstić information content (AvgIpc) is 3.23. The van der Waals surface area contributed by atoms with Gasteiger partial charge in [-0.2, -0.15) is 0 Å². The highest BCUT2D eigenvalue weighted by molar-refractivity contribution is 5.79. The zero-order valence-electron chi connectivity index (χ0n) is 18.7. The summed E-state index contributed by atoms with van der Waals surface area (Å²) < 4.78 is 0. The van der Waals surface area contributed by atoms with Crippen LogP contribution < -0.4 is 16.0 Å². The quantitative estimate of drug-likeness (QED) is 0.639. The number of benzene rings is 1. The number of urea groups is 1. The van der Waals surface area contributed by atoms with Crippen molar-refractivity contribution < 1.29 is 9.59 Å². The van der Waals surface area contributed by atoms with Crippen LogP contribution in [0.15, 0.2) is 24.3 Å². The number of hydrogen-bond donors (Lipinski definition) is 3. The molecule has 6 heteroatoms. The van der Waals surface area contributed by atoms with E-state index in [1.165, 1.54) is 24.0 Å². The lowest BCUT2D eigenvalue weighted by Gasteiger charge is -2.31. The zero-order valence-corrected chi connectivity index (χ0v) is 18.7. The summed E-state index contributed by atoms with van der Waals surface area (Å²) in [7, 11) is 0. The van der Waals surface area contributed by atoms with Crippen LogP contribution in [-0.2, 0) is 4.79 Å². The van der Waals surface area contributed by atoms with Gasteiger partial charge in [-0.1, -0.05) is 36.2 Å². The molecule has 1 saturated heterocycles. The maximum Gasteiger partial charge on any atom is 0.315 e. The molecular weight excluding hydrogens is 376 g/mol. The predicted octanol–water partition coefficient (Wildman–Crippen LogP) is 3.51. The lowest BCUT2D eigenvalue weighted by atomic mass is 9.85. The number of amides is 3. The molecule has 3 atom stereocenters. The second-order valence-electron chi connectivity index (χ2n) is 9.25. The summed E-state index contributed by atoms with van der Waals surface area (Å²) in [5.41, 5.74) is 2.50. The summed E-state index contributed by atoms with van der Waals surface area (Å²) in [6, 6.07) is 8.93. The molecule has 0 radical (unpaired) electrons. The first-order chi connectivity index (χ1) is 14.4. The molecule has 0 bridgehead atoms. The number of nitrogens with one attached hydrogen (secondary N) is 3. The van der Waals surface area contributed by atoms with Crippen LogP contribution in [0.5, 0.6) is 0 Å². The summed E-state index contributed by atoms with van der Waals surface area (Å²) >= 11 is 0. The van der Waals surface area contributed by atoms with Crippen LogP contribution in [0.1, 0.15) is 69.5 Å². The van der Waals surface area contributed by atoms with Gasteiger partial charge in [-0.15, -0.1) is 0 Å². The van der Waals surface area contributed by atoms with E-state index in [-0.39, 0.29) is 36.0 Å². The van der Waals surface area contributed by atoms with E-state index in [0.717, 1.165) is 38.8 Å². The van der Waals surface area contributed by atoms with Gasteiger partial charge in [0.25, 0.3) is 0 Å². The Hall–Kier alpha value is -2.08. The molecule has 2 aliphatic rings. The van der Waals surface area contributed by atoms with E-state index in [1.807, 2.05) is 13.8 Å². The van der Waals surface area contributed by atoms with Crippen molar-refractivity contribution in [1.29, 1.82) is 0 Å². The number of carbonyl (C=O) groups excluding carboxylic acids is 2. The molecule has 1 saturated carbocycles. The summed E-state index contributed by atoms with van der Waals surface area (Å²) in [5, 5.41) is 9.23. The first kappa shape index (κ1) is 22.6. The standard InChI is InChI=1S/C24H38N4O2/c1-17(2)26-23(29)20-7-6-8-21(15-20)27-24(30)25-16-22(28-13-4-5-14-28)19-11-9-18(3)10-12-19/h9-12,17,20-22H,4-8,13-16H2,1-3H3,(H,26,29)(H2,25,27,30). The monoisotopic (exact) mass is 414 g/mol. The molecule has 1 heterocycles. The van der Waals surface area contributed by atoms with Gasteiger partial charge in [0.15, 0.2) is 0 Å². The molecular formula is C24H38N4O2. The van der Waals surface area contributed by atoms with E-state index in [2.05, 4.69) is 52.0 Å². The van der Waals surface area contributed by atoms with Crippen LogP contribution in [0, 0.1) is 12.8 Å². The molecule has 1 aromatic rings. The van der Waals surface area contributed by atoms with Gasteiger partial charge < -0.3 is 16.0 Å². The van der Waals surface area contributed by atoms with E-state index in [0.29, 0.717) is 6.54 Å². The fourth-order valence-corrected chi connectivity index (χ4v) is 4.69. The summed E-state index contributed by atoms with van der Waals surface area (Å²) in [5.74, 6) is 0.113. The molecule has 1 aliphatic heterocycles. The second kappa shape index (κ2) is 10.8. The molecule has 1 aromatic carbocycles. The van der Waals surface area contributed by atoms with E-state index >= 15 is 0 Å². The third kappa shape index (κ3) is 6.46. The van der Waals surface area contributed by atoms with Crippen molar-refractivity contribution in [2.75, 3.05) is 19.6 Å². The first-order valence-electron chi connectivity index (χ1n) is 11.6. The minimum absolute atomic E-state index is 0.00337. The van der Waals surface area contributed by atoms with Gasteiger partial charge in [0.05, 0.1) is 6.04 Å². The fraction of sp³-hybridized carbons (Fsp3) is 0.667. The molecule has 3 rings (SSSR count). The van der Waals surface area contributed by atoms with Crippen molar-refractivity contribution in [3.05, 3.63) is 35.4 Å². The predicted molar refractivity (Wildman–Crippen MR) is 120 cm³/mol.